The van der Waals surface area contributed by atoms with Gasteiger partial charge in [0.1, 0.15) is 5.65 Å². The van der Waals surface area contributed by atoms with Crippen LogP contribution in [-0.4, -0.2) is 9.97 Å². The monoisotopic (exact) mass is 338 g/mol. The minimum atomic E-state index is 0.670. The molecule has 3 heteroatoms. The number of rotatable bonds is 1. The molecule has 0 saturated heterocycles. The topological polar surface area (TPSA) is 28.7 Å². The molecule has 0 aromatic carbocycles. The summed E-state index contributed by atoms with van der Waals surface area (Å²) >= 11 is 2.36. The number of allylic oxidation sites excluding steroid dienone is 1. The fraction of sp³-hybridized carbons (Fsp3) is 0.357. The highest BCUT2D eigenvalue weighted by Gasteiger charge is 2.18. The number of fused-ring (bicyclic) bond motifs is 1. The first-order chi connectivity index (χ1) is 8.24. The highest BCUT2D eigenvalue weighted by Crippen LogP contribution is 2.35. The van der Waals surface area contributed by atoms with Crippen molar-refractivity contribution in [1.29, 1.82) is 0 Å². The second kappa shape index (κ2) is 4.44. The highest BCUT2D eigenvalue weighted by molar-refractivity contribution is 14.1. The van der Waals surface area contributed by atoms with E-state index in [4.69, 9.17) is 0 Å². The lowest BCUT2D eigenvalue weighted by Crippen LogP contribution is -2.06. The Balaban J connectivity index is 1.94. The predicted octanol–water partition coefficient (Wildman–Crippen LogP) is 4.38. The standard InChI is InChI=1S/C14H15IN2/c1-9-2-4-10(5-3-9)11-6-12-13(15)8-17-14(12)16-7-11/h6-8,10H,1-5H2,(H,16,17). The van der Waals surface area contributed by atoms with E-state index in [9.17, 15) is 0 Å². The van der Waals surface area contributed by atoms with Crippen molar-refractivity contribution in [1.82, 2.24) is 9.97 Å². The molecule has 0 amide bonds. The van der Waals surface area contributed by atoms with Gasteiger partial charge in [-0.25, -0.2) is 4.98 Å². The number of pyridine rings is 1. The average Bonchev–Trinajstić information content (AvgIpc) is 2.72. The van der Waals surface area contributed by atoms with Crippen LogP contribution in [-0.2, 0) is 0 Å². The quantitative estimate of drug-likeness (QED) is 0.607. The largest absolute Gasteiger partial charge is 0.345 e. The van der Waals surface area contributed by atoms with E-state index in [0.29, 0.717) is 5.92 Å². The number of H-pyrrole nitrogens is 1. The zero-order valence-electron chi connectivity index (χ0n) is 9.67. The van der Waals surface area contributed by atoms with Crippen molar-refractivity contribution in [3.05, 3.63) is 39.7 Å². The molecule has 1 saturated carbocycles. The minimum Gasteiger partial charge on any atom is -0.345 e. The number of aromatic amines is 1. The molecule has 1 aliphatic carbocycles. The Labute approximate surface area is 115 Å². The highest BCUT2D eigenvalue weighted by atomic mass is 127. The lowest BCUT2D eigenvalue weighted by Gasteiger charge is -2.23. The molecule has 0 aliphatic heterocycles. The van der Waals surface area contributed by atoms with E-state index in [1.54, 1.807) is 0 Å². The maximum absolute atomic E-state index is 4.51. The zero-order valence-corrected chi connectivity index (χ0v) is 11.8. The van der Waals surface area contributed by atoms with Crippen molar-refractivity contribution < 1.29 is 0 Å². The van der Waals surface area contributed by atoms with Gasteiger partial charge in [-0.05, 0) is 65.8 Å². The molecule has 1 N–H and O–H groups in total. The molecular formula is C14H15IN2. The van der Waals surface area contributed by atoms with Gasteiger partial charge in [-0.2, -0.15) is 0 Å². The lowest BCUT2D eigenvalue weighted by atomic mass is 9.82. The van der Waals surface area contributed by atoms with Gasteiger partial charge in [0, 0.05) is 21.4 Å². The van der Waals surface area contributed by atoms with Crippen LogP contribution in [0, 0.1) is 3.57 Å². The molecule has 1 aliphatic rings. The smallest absolute Gasteiger partial charge is 0.138 e. The van der Waals surface area contributed by atoms with Crippen LogP contribution in [0.2, 0.25) is 0 Å². The summed E-state index contributed by atoms with van der Waals surface area (Å²) in [6.07, 6.45) is 8.86. The number of aromatic nitrogens is 2. The zero-order chi connectivity index (χ0) is 11.8. The van der Waals surface area contributed by atoms with Crippen molar-refractivity contribution in [2.75, 3.05) is 0 Å². The van der Waals surface area contributed by atoms with E-state index >= 15 is 0 Å². The molecule has 0 bridgehead atoms. The second-order valence-corrected chi connectivity index (χ2v) is 5.99. The van der Waals surface area contributed by atoms with E-state index in [0.717, 1.165) is 5.65 Å². The molecule has 2 aromatic rings. The van der Waals surface area contributed by atoms with E-state index < -0.39 is 0 Å². The SMILES string of the molecule is C=C1CCC(c2cnc3[nH]cc(I)c3c2)CC1. The van der Waals surface area contributed by atoms with Crippen molar-refractivity contribution >= 4 is 33.6 Å². The molecule has 1 fully saturated rings. The Hall–Kier alpha value is -0.840. The van der Waals surface area contributed by atoms with Gasteiger partial charge < -0.3 is 4.98 Å². The third kappa shape index (κ3) is 2.12. The Morgan fingerprint density at radius 2 is 2.12 bits per heavy atom. The Morgan fingerprint density at radius 1 is 1.35 bits per heavy atom. The molecule has 3 rings (SSSR count). The van der Waals surface area contributed by atoms with Crippen LogP contribution in [0.1, 0.15) is 37.2 Å². The minimum absolute atomic E-state index is 0.670. The van der Waals surface area contributed by atoms with Crippen LogP contribution in [0.25, 0.3) is 11.0 Å². The summed E-state index contributed by atoms with van der Waals surface area (Å²) in [4.78, 5) is 7.71. The number of hydrogen-bond donors (Lipinski definition) is 1. The normalized spacial score (nSPS) is 17.8. The molecule has 0 radical (unpaired) electrons. The number of nitrogens with one attached hydrogen (secondary N) is 1. The molecule has 2 heterocycles. The molecule has 0 spiro atoms. The molecule has 17 heavy (non-hydrogen) atoms. The summed E-state index contributed by atoms with van der Waals surface area (Å²) in [6, 6.07) is 2.30. The summed E-state index contributed by atoms with van der Waals surface area (Å²) in [7, 11) is 0. The van der Waals surface area contributed by atoms with Crippen LogP contribution in [0.4, 0.5) is 0 Å². The van der Waals surface area contributed by atoms with Gasteiger partial charge in [-0.15, -0.1) is 0 Å². The molecule has 0 atom stereocenters. The maximum Gasteiger partial charge on any atom is 0.138 e. The number of halogens is 1. The van der Waals surface area contributed by atoms with Crippen molar-refractivity contribution in [2.24, 2.45) is 0 Å². The molecule has 88 valence electrons. The fourth-order valence-corrected chi connectivity index (χ4v) is 3.14. The van der Waals surface area contributed by atoms with Crippen LogP contribution in [0.5, 0.6) is 0 Å². The summed E-state index contributed by atoms with van der Waals surface area (Å²) in [5.41, 5.74) is 3.80. The first-order valence-corrected chi connectivity index (χ1v) is 7.11. The van der Waals surface area contributed by atoms with Gasteiger partial charge in [0.25, 0.3) is 0 Å². The third-order valence-corrected chi connectivity index (χ3v) is 4.56. The molecule has 2 nitrogen and oxygen atoms in total. The number of nitrogens with zero attached hydrogens (tertiary/aromatic N) is 1. The average molecular weight is 338 g/mol. The summed E-state index contributed by atoms with van der Waals surface area (Å²) in [6.45, 7) is 4.08. The van der Waals surface area contributed by atoms with E-state index in [-0.39, 0.29) is 0 Å². The molecular weight excluding hydrogens is 323 g/mol. The number of hydrogen-bond acceptors (Lipinski definition) is 1. The first kappa shape index (κ1) is 11.3. The van der Waals surface area contributed by atoms with E-state index in [2.05, 4.69) is 45.2 Å². The van der Waals surface area contributed by atoms with E-state index in [1.807, 2.05) is 12.4 Å². The summed E-state index contributed by atoms with van der Waals surface area (Å²) in [5.74, 6) is 0.670. The van der Waals surface area contributed by atoms with Crippen LogP contribution < -0.4 is 0 Å². The third-order valence-electron chi connectivity index (χ3n) is 3.67. The van der Waals surface area contributed by atoms with Gasteiger partial charge in [0.2, 0.25) is 0 Å². The van der Waals surface area contributed by atoms with Crippen molar-refractivity contribution in [3.63, 3.8) is 0 Å². The van der Waals surface area contributed by atoms with Gasteiger partial charge in [0.15, 0.2) is 0 Å². The van der Waals surface area contributed by atoms with Crippen LogP contribution in [0.15, 0.2) is 30.6 Å². The Morgan fingerprint density at radius 3 is 2.88 bits per heavy atom. The van der Waals surface area contributed by atoms with Crippen LogP contribution in [0.3, 0.4) is 0 Å². The summed E-state index contributed by atoms with van der Waals surface area (Å²) in [5, 5.41) is 1.26. The van der Waals surface area contributed by atoms with Crippen molar-refractivity contribution in [3.8, 4) is 0 Å². The van der Waals surface area contributed by atoms with E-state index in [1.165, 1.54) is 45.8 Å². The Kier molecular flexibility index (Phi) is 2.94. The Bertz CT molecular complexity index is 561. The fourth-order valence-electron chi connectivity index (χ4n) is 2.57. The van der Waals surface area contributed by atoms with Gasteiger partial charge in [-0.1, -0.05) is 12.2 Å². The molecule has 2 aromatic heterocycles. The van der Waals surface area contributed by atoms with Crippen LogP contribution >= 0.6 is 22.6 Å². The second-order valence-electron chi connectivity index (χ2n) is 4.83. The first-order valence-electron chi connectivity index (χ1n) is 6.03. The van der Waals surface area contributed by atoms with Gasteiger partial charge >= 0.3 is 0 Å². The summed E-state index contributed by atoms with van der Waals surface area (Å²) < 4.78 is 1.26. The molecule has 0 unspecified atom stereocenters. The van der Waals surface area contributed by atoms with Gasteiger partial charge in [-0.3, -0.25) is 0 Å². The van der Waals surface area contributed by atoms with Crippen molar-refractivity contribution in [2.45, 2.75) is 31.6 Å². The lowest BCUT2D eigenvalue weighted by molar-refractivity contribution is 0.517. The predicted molar refractivity (Wildman–Crippen MR) is 79.2 cm³/mol. The maximum atomic E-state index is 4.51. The van der Waals surface area contributed by atoms with Gasteiger partial charge in [0.05, 0.1) is 0 Å².